The minimum Gasteiger partial charge on any atom is -0.460 e. The van der Waals surface area contributed by atoms with Crippen LogP contribution in [0.2, 0.25) is 0 Å². The van der Waals surface area contributed by atoms with Crippen LogP contribution in [0.15, 0.2) is 12.7 Å². The van der Waals surface area contributed by atoms with E-state index in [1.54, 1.807) is 0 Å². The van der Waals surface area contributed by atoms with Crippen molar-refractivity contribution in [1.29, 1.82) is 0 Å². The third-order valence-electron chi connectivity index (χ3n) is 3.30. The van der Waals surface area contributed by atoms with Crippen LogP contribution in [0.4, 0.5) is 0 Å². The number of allylic oxidation sites excluding steroid dienone is 1. The normalized spacial score (nSPS) is 32.6. The Morgan fingerprint density at radius 3 is 2.53 bits per heavy atom. The SMILES string of the molecule is C=C[C@@H]1CC[C@H](OC(C)=O)[C@@](C)(NC(C)=O)C1. The Bertz CT molecular complexity index is 327. The fraction of sp³-hybridized carbons (Fsp3) is 0.692. The summed E-state index contributed by atoms with van der Waals surface area (Å²) < 4.78 is 5.31. The lowest BCUT2D eigenvalue weighted by Gasteiger charge is -2.43. The molecule has 0 spiro atoms. The maximum Gasteiger partial charge on any atom is 0.302 e. The van der Waals surface area contributed by atoms with Gasteiger partial charge < -0.3 is 10.1 Å². The van der Waals surface area contributed by atoms with Crippen molar-refractivity contribution in [2.24, 2.45) is 5.92 Å². The van der Waals surface area contributed by atoms with Crippen molar-refractivity contribution in [3.8, 4) is 0 Å². The highest BCUT2D eigenvalue weighted by atomic mass is 16.5. The lowest BCUT2D eigenvalue weighted by atomic mass is 9.74. The van der Waals surface area contributed by atoms with Crippen LogP contribution in [-0.2, 0) is 14.3 Å². The van der Waals surface area contributed by atoms with Crippen LogP contribution in [0.1, 0.15) is 40.0 Å². The van der Waals surface area contributed by atoms with Gasteiger partial charge in [0.15, 0.2) is 0 Å². The Hall–Kier alpha value is -1.32. The number of hydrogen-bond donors (Lipinski definition) is 1. The summed E-state index contributed by atoms with van der Waals surface area (Å²) in [7, 11) is 0. The van der Waals surface area contributed by atoms with Gasteiger partial charge in [0.05, 0.1) is 5.54 Å². The highest BCUT2D eigenvalue weighted by Gasteiger charge is 2.42. The van der Waals surface area contributed by atoms with Crippen molar-refractivity contribution in [2.45, 2.75) is 51.7 Å². The molecule has 1 aliphatic rings. The molecule has 0 aliphatic heterocycles. The van der Waals surface area contributed by atoms with Gasteiger partial charge in [0.2, 0.25) is 5.91 Å². The third-order valence-corrected chi connectivity index (χ3v) is 3.30. The zero-order chi connectivity index (χ0) is 13.1. The van der Waals surface area contributed by atoms with Gasteiger partial charge in [-0.25, -0.2) is 0 Å². The molecule has 0 aromatic heterocycles. The largest absolute Gasteiger partial charge is 0.460 e. The van der Waals surface area contributed by atoms with Crippen molar-refractivity contribution in [3.63, 3.8) is 0 Å². The smallest absolute Gasteiger partial charge is 0.302 e. The molecule has 96 valence electrons. The first-order valence-electron chi connectivity index (χ1n) is 5.96. The Balaban J connectivity index is 2.83. The number of amides is 1. The molecule has 3 atom stereocenters. The van der Waals surface area contributed by atoms with E-state index in [1.807, 2.05) is 13.0 Å². The summed E-state index contributed by atoms with van der Waals surface area (Å²) in [6.45, 7) is 8.60. The van der Waals surface area contributed by atoms with Crippen LogP contribution in [0.5, 0.6) is 0 Å². The maximum absolute atomic E-state index is 11.3. The second-order valence-corrected chi connectivity index (χ2v) is 4.97. The van der Waals surface area contributed by atoms with E-state index in [0.29, 0.717) is 5.92 Å². The zero-order valence-electron chi connectivity index (χ0n) is 10.8. The fourth-order valence-electron chi connectivity index (χ4n) is 2.59. The van der Waals surface area contributed by atoms with Crippen LogP contribution >= 0.6 is 0 Å². The molecule has 17 heavy (non-hydrogen) atoms. The fourth-order valence-corrected chi connectivity index (χ4v) is 2.59. The van der Waals surface area contributed by atoms with Crippen molar-refractivity contribution in [3.05, 3.63) is 12.7 Å². The molecular weight excluding hydrogens is 218 g/mol. The van der Waals surface area contributed by atoms with Gasteiger partial charge in [-0.05, 0) is 32.1 Å². The van der Waals surface area contributed by atoms with Gasteiger partial charge in [-0.1, -0.05) is 6.08 Å². The topological polar surface area (TPSA) is 55.4 Å². The predicted octanol–water partition coefficient (Wildman–Crippen LogP) is 1.80. The summed E-state index contributed by atoms with van der Waals surface area (Å²) >= 11 is 0. The van der Waals surface area contributed by atoms with Crippen LogP contribution in [0.3, 0.4) is 0 Å². The highest BCUT2D eigenvalue weighted by Crippen LogP contribution is 2.35. The lowest BCUT2D eigenvalue weighted by molar-refractivity contribution is -0.155. The first-order chi connectivity index (χ1) is 7.87. The molecule has 1 rings (SSSR count). The van der Waals surface area contributed by atoms with Crippen LogP contribution < -0.4 is 5.32 Å². The molecule has 1 saturated carbocycles. The van der Waals surface area contributed by atoms with E-state index in [-0.39, 0.29) is 18.0 Å². The van der Waals surface area contributed by atoms with E-state index in [2.05, 4.69) is 11.9 Å². The van der Waals surface area contributed by atoms with Gasteiger partial charge in [-0.3, -0.25) is 9.59 Å². The van der Waals surface area contributed by atoms with Gasteiger partial charge in [0.25, 0.3) is 0 Å². The number of carbonyl (C=O) groups is 2. The average molecular weight is 239 g/mol. The number of ether oxygens (including phenoxy) is 1. The molecule has 0 heterocycles. The zero-order valence-corrected chi connectivity index (χ0v) is 10.8. The number of hydrogen-bond acceptors (Lipinski definition) is 3. The number of carbonyl (C=O) groups excluding carboxylic acids is 2. The summed E-state index contributed by atoms with van der Waals surface area (Å²) in [4.78, 5) is 22.3. The summed E-state index contributed by atoms with van der Waals surface area (Å²) in [6.07, 6.45) is 4.11. The highest BCUT2D eigenvalue weighted by molar-refractivity contribution is 5.74. The summed E-state index contributed by atoms with van der Waals surface area (Å²) in [6, 6.07) is 0. The molecule has 0 aromatic rings. The van der Waals surface area contributed by atoms with E-state index < -0.39 is 5.54 Å². The van der Waals surface area contributed by atoms with Crippen molar-refractivity contribution >= 4 is 11.9 Å². The van der Waals surface area contributed by atoms with Gasteiger partial charge in [0.1, 0.15) is 6.10 Å². The van der Waals surface area contributed by atoms with Crippen molar-refractivity contribution < 1.29 is 14.3 Å². The van der Waals surface area contributed by atoms with Crippen LogP contribution in [0, 0.1) is 5.92 Å². The number of rotatable bonds is 3. The number of esters is 1. The Morgan fingerprint density at radius 1 is 1.41 bits per heavy atom. The van der Waals surface area contributed by atoms with E-state index in [1.165, 1.54) is 13.8 Å². The monoisotopic (exact) mass is 239 g/mol. The van der Waals surface area contributed by atoms with Crippen LogP contribution in [0.25, 0.3) is 0 Å². The second kappa shape index (κ2) is 5.34. The molecule has 0 saturated heterocycles. The van der Waals surface area contributed by atoms with Crippen molar-refractivity contribution in [2.75, 3.05) is 0 Å². The molecule has 4 heteroatoms. The van der Waals surface area contributed by atoms with Crippen LogP contribution in [-0.4, -0.2) is 23.5 Å². The summed E-state index contributed by atoms with van der Waals surface area (Å²) in [5.74, 6) is -0.0448. The quantitative estimate of drug-likeness (QED) is 0.603. The Kier molecular flexibility index (Phi) is 4.32. The van der Waals surface area contributed by atoms with E-state index in [9.17, 15) is 9.59 Å². The second-order valence-electron chi connectivity index (χ2n) is 4.97. The van der Waals surface area contributed by atoms with Gasteiger partial charge in [0, 0.05) is 13.8 Å². The molecule has 1 amide bonds. The molecule has 0 bridgehead atoms. The first kappa shape index (κ1) is 13.7. The average Bonchev–Trinajstić information content (AvgIpc) is 2.19. The first-order valence-corrected chi connectivity index (χ1v) is 5.96. The molecular formula is C13H21NO3. The molecule has 0 unspecified atom stereocenters. The van der Waals surface area contributed by atoms with Gasteiger partial charge in [-0.2, -0.15) is 0 Å². The molecule has 0 radical (unpaired) electrons. The van der Waals surface area contributed by atoms with Crippen molar-refractivity contribution in [1.82, 2.24) is 5.32 Å². The van der Waals surface area contributed by atoms with E-state index in [0.717, 1.165) is 19.3 Å². The third kappa shape index (κ3) is 3.58. The van der Waals surface area contributed by atoms with Gasteiger partial charge in [-0.15, -0.1) is 6.58 Å². The molecule has 1 aliphatic carbocycles. The molecule has 1 N–H and O–H groups in total. The number of nitrogens with one attached hydrogen (secondary N) is 1. The Morgan fingerprint density at radius 2 is 2.06 bits per heavy atom. The molecule has 0 aromatic carbocycles. The lowest BCUT2D eigenvalue weighted by Crippen LogP contribution is -2.58. The molecule has 4 nitrogen and oxygen atoms in total. The van der Waals surface area contributed by atoms with E-state index >= 15 is 0 Å². The minimum absolute atomic E-state index is 0.102. The minimum atomic E-state index is -0.491. The summed E-state index contributed by atoms with van der Waals surface area (Å²) in [5.41, 5.74) is -0.491. The summed E-state index contributed by atoms with van der Waals surface area (Å²) in [5, 5.41) is 2.91. The maximum atomic E-state index is 11.3. The molecule has 1 fully saturated rings. The standard InChI is InChI=1S/C13H21NO3/c1-5-11-6-7-12(17-10(3)16)13(4,8-11)14-9(2)15/h5,11-12H,1,6-8H2,2-4H3,(H,14,15)/t11-,12+,13+/m1/s1. The van der Waals surface area contributed by atoms with E-state index in [4.69, 9.17) is 4.74 Å². The predicted molar refractivity (Wildman–Crippen MR) is 65.3 cm³/mol. The van der Waals surface area contributed by atoms with Gasteiger partial charge >= 0.3 is 5.97 Å². The Labute approximate surface area is 102 Å².